The van der Waals surface area contributed by atoms with Gasteiger partial charge in [0.05, 0.1) is 0 Å². The molecule has 0 spiro atoms. The number of rotatable bonds is 4. The van der Waals surface area contributed by atoms with E-state index in [0.29, 0.717) is 0 Å². The molecule has 1 aliphatic carbocycles. The van der Waals surface area contributed by atoms with Crippen molar-refractivity contribution in [1.29, 1.82) is 0 Å². The highest BCUT2D eigenvalue weighted by atomic mass is 16.3. The third-order valence-electron chi connectivity index (χ3n) is 2.42. The van der Waals surface area contributed by atoms with Gasteiger partial charge in [-0.3, -0.25) is 5.32 Å². The third kappa shape index (κ3) is 2.80. The van der Waals surface area contributed by atoms with Gasteiger partial charge in [-0.05, 0) is 38.6 Å². The zero-order chi connectivity index (χ0) is 8.16. The molecule has 0 radical (unpaired) electrons. The molecule has 1 aliphatic rings. The molecule has 2 heteroatoms. The van der Waals surface area contributed by atoms with Crippen molar-refractivity contribution in [3.8, 4) is 0 Å². The average Bonchev–Trinajstić information content (AvgIpc) is 2.38. The van der Waals surface area contributed by atoms with E-state index in [9.17, 15) is 5.11 Å². The molecule has 2 nitrogen and oxygen atoms in total. The van der Waals surface area contributed by atoms with Crippen LogP contribution in [0.15, 0.2) is 0 Å². The highest BCUT2D eigenvalue weighted by Gasteiger charge is 2.29. The predicted molar refractivity (Wildman–Crippen MR) is 46.3 cm³/mol. The van der Waals surface area contributed by atoms with Crippen molar-refractivity contribution in [2.24, 2.45) is 0 Å². The number of unbranched alkanes of at least 4 members (excludes halogenated alkanes) is 1. The Labute approximate surface area is 69.0 Å². The summed E-state index contributed by atoms with van der Waals surface area (Å²) in [4.78, 5) is 0. The summed E-state index contributed by atoms with van der Waals surface area (Å²) in [5.41, 5.74) is -0.505. The maximum atomic E-state index is 9.81. The van der Waals surface area contributed by atoms with Crippen LogP contribution in [0, 0.1) is 0 Å². The molecule has 0 amide bonds. The number of hydrogen-bond acceptors (Lipinski definition) is 2. The lowest BCUT2D eigenvalue weighted by Gasteiger charge is -2.23. The van der Waals surface area contributed by atoms with Gasteiger partial charge in [0.1, 0.15) is 5.72 Å². The quantitative estimate of drug-likeness (QED) is 0.480. The summed E-state index contributed by atoms with van der Waals surface area (Å²) < 4.78 is 0. The topological polar surface area (TPSA) is 32.3 Å². The molecule has 0 unspecified atom stereocenters. The lowest BCUT2D eigenvalue weighted by molar-refractivity contribution is 0.0124. The van der Waals surface area contributed by atoms with Gasteiger partial charge in [-0.2, -0.15) is 0 Å². The monoisotopic (exact) mass is 157 g/mol. The minimum Gasteiger partial charge on any atom is -0.376 e. The summed E-state index contributed by atoms with van der Waals surface area (Å²) in [6.07, 6.45) is 6.60. The largest absolute Gasteiger partial charge is 0.376 e. The summed E-state index contributed by atoms with van der Waals surface area (Å²) in [5.74, 6) is 0. The second-order valence-corrected chi connectivity index (χ2v) is 3.52. The Morgan fingerprint density at radius 1 is 1.36 bits per heavy atom. The predicted octanol–water partition coefficient (Wildman–Crippen LogP) is 1.64. The molecule has 66 valence electrons. The SMILES string of the molecule is CCCCNC1(O)CCCC1. The van der Waals surface area contributed by atoms with E-state index < -0.39 is 5.72 Å². The van der Waals surface area contributed by atoms with Gasteiger partial charge in [0.2, 0.25) is 0 Å². The average molecular weight is 157 g/mol. The molecule has 0 aromatic rings. The van der Waals surface area contributed by atoms with Crippen molar-refractivity contribution in [3.63, 3.8) is 0 Å². The molecular weight excluding hydrogens is 138 g/mol. The van der Waals surface area contributed by atoms with Crippen molar-refractivity contribution in [2.75, 3.05) is 6.54 Å². The zero-order valence-electron chi connectivity index (χ0n) is 7.40. The highest BCUT2D eigenvalue weighted by molar-refractivity contribution is 4.81. The van der Waals surface area contributed by atoms with Gasteiger partial charge in [0, 0.05) is 0 Å². The summed E-state index contributed by atoms with van der Waals surface area (Å²) >= 11 is 0. The van der Waals surface area contributed by atoms with Gasteiger partial charge in [0.15, 0.2) is 0 Å². The Morgan fingerprint density at radius 3 is 2.55 bits per heavy atom. The van der Waals surface area contributed by atoms with E-state index in [1.165, 1.54) is 25.7 Å². The molecule has 11 heavy (non-hydrogen) atoms. The fourth-order valence-corrected chi connectivity index (χ4v) is 1.63. The fourth-order valence-electron chi connectivity index (χ4n) is 1.63. The van der Waals surface area contributed by atoms with Gasteiger partial charge in [-0.15, -0.1) is 0 Å². The third-order valence-corrected chi connectivity index (χ3v) is 2.42. The Balaban J connectivity index is 2.13. The van der Waals surface area contributed by atoms with E-state index in [1.54, 1.807) is 0 Å². The fraction of sp³-hybridized carbons (Fsp3) is 1.00. The van der Waals surface area contributed by atoms with Crippen LogP contribution in [0.2, 0.25) is 0 Å². The molecule has 1 saturated carbocycles. The summed E-state index contributed by atoms with van der Waals surface area (Å²) in [5, 5.41) is 13.0. The van der Waals surface area contributed by atoms with Crippen LogP contribution < -0.4 is 5.32 Å². The molecule has 2 N–H and O–H groups in total. The Hall–Kier alpha value is -0.0800. The molecule has 0 atom stereocenters. The van der Waals surface area contributed by atoms with Crippen LogP contribution in [-0.2, 0) is 0 Å². The van der Waals surface area contributed by atoms with Gasteiger partial charge in [-0.1, -0.05) is 13.3 Å². The first-order valence-electron chi connectivity index (χ1n) is 4.74. The molecule has 0 bridgehead atoms. The van der Waals surface area contributed by atoms with Crippen molar-refractivity contribution >= 4 is 0 Å². The van der Waals surface area contributed by atoms with Crippen molar-refractivity contribution in [2.45, 2.75) is 51.2 Å². The number of aliphatic hydroxyl groups is 1. The van der Waals surface area contributed by atoms with Crippen molar-refractivity contribution in [3.05, 3.63) is 0 Å². The van der Waals surface area contributed by atoms with Crippen LogP contribution >= 0.6 is 0 Å². The Kier molecular flexibility index (Phi) is 3.34. The second kappa shape index (κ2) is 4.07. The van der Waals surface area contributed by atoms with E-state index in [4.69, 9.17) is 0 Å². The van der Waals surface area contributed by atoms with Crippen molar-refractivity contribution < 1.29 is 5.11 Å². The van der Waals surface area contributed by atoms with Crippen LogP contribution in [0.3, 0.4) is 0 Å². The number of hydrogen-bond donors (Lipinski definition) is 2. The standard InChI is InChI=1S/C9H19NO/c1-2-3-8-10-9(11)6-4-5-7-9/h10-11H,2-8H2,1H3. The normalized spacial score (nSPS) is 22.4. The Bertz CT molecular complexity index is 108. The van der Waals surface area contributed by atoms with E-state index >= 15 is 0 Å². The molecule has 0 aliphatic heterocycles. The highest BCUT2D eigenvalue weighted by Crippen LogP contribution is 2.26. The lowest BCUT2D eigenvalue weighted by Crippen LogP contribution is -2.42. The first-order valence-corrected chi connectivity index (χ1v) is 4.74. The summed E-state index contributed by atoms with van der Waals surface area (Å²) in [6, 6.07) is 0. The second-order valence-electron chi connectivity index (χ2n) is 3.52. The lowest BCUT2D eigenvalue weighted by atomic mass is 10.2. The van der Waals surface area contributed by atoms with E-state index in [0.717, 1.165) is 19.4 Å². The molecular formula is C9H19NO. The minimum atomic E-state index is -0.505. The van der Waals surface area contributed by atoms with Crippen LogP contribution in [0.25, 0.3) is 0 Å². The molecule has 1 rings (SSSR count). The first-order chi connectivity index (χ1) is 5.27. The van der Waals surface area contributed by atoms with Crippen LogP contribution in [-0.4, -0.2) is 17.4 Å². The molecule has 1 fully saturated rings. The van der Waals surface area contributed by atoms with E-state index in [-0.39, 0.29) is 0 Å². The molecule has 0 aromatic heterocycles. The van der Waals surface area contributed by atoms with E-state index in [2.05, 4.69) is 12.2 Å². The zero-order valence-corrected chi connectivity index (χ0v) is 7.40. The molecule has 0 heterocycles. The minimum absolute atomic E-state index is 0.505. The maximum absolute atomic E-state index is 9.81. The molecule has 0 saturated heterocycles. The van der Waals surface area contributed by atoms with Gasteiger partial charge in [0.25, 0.3) is 0 Å². The summed E-state index contributed by atoms with van der Waals surface area (Å²) in [7, 11) is 0. The van der Waals surface area contributed by atoms with Crippen molar-refractivity contribution in [1.82, 2.24) is 5.32 Å². The molecule has 0 aromatic carbocycles. The van der Waals surface area contributed by atoms with Crippen LogP contribution in [0.5, 0.6) is 0 Å². The first kappa shape index (κ1) is 9.01. The summed E-state index contributed by atoms with van der Waals surface area (Å²) in [6.45, 7) is 3.13. The maximum Gasteiger partial charge on any atom is 0.116 e. The smallest absolute Gasteiger partial charge is 0.116 e. The van der Waals surface area contributed by atoms with Crippen LogP contribution in [0.1, 0.15) is 45.4 Å². The van der Waals surface area contributed by atoms with Gasteiger partial charge < -0.3 is 5.11 Å². The van der Waals surface area contributed by atoms with Gasteiger partial charge in [-0.25, -0.2) is 0 Å². The Morgan fingerprint density at radius 2 is 2.00 bits per heavy atom. The van der Waals surface area contributed by atoms with Gasteiger partial charge >= 0.3 is 0 Å². The van der Waals surface area contributed by atoms with E-state index in [1.807, 2.05) is 0 Å². The van der Waals surface area contributed by atoms with Crippen LogP contribution in [0.4, 0.5) is 0 Å². The number of nitrogens with one attached hydrogen (secondary N) is 1.